The average Bonchev–Trinajstić information content (AvgIpc) is 2.80. The fourth-order valence-electron chi connectivity index (χ4n) is 3.67. The first-order chi connectivity index (χ1) is 14.9. The van der Waals surface area contributed by atoms with Crippen LogP contribution in [0.5, 0.6) is 5.75 Å². The van der Waals surface area contributed by atoms with E-state index in [0.29, 0.717) is 13.1 Å². The Kier molecular flexibility index (Phi) is 6.74. The summed E-state index contributed by atoms with van der Waals surface area (Å²) in [6.45, 7) is 4.86. The second-order valence-electron chi connectivity index (χ2n) is 7.19. The van der Waals surface area contributed by atoms with E-state index in [4.69, 9.17) is 4.74 Å². The lowest BCUT2D eigenvalue weighted by Crippen LogP contribution is -2.45. The predicted molar refractivity (Wildman–Crippen MR) is 122 cm³/mol. The number of rotatable bonds is 10. The lowest BCUT2D eigenvalue weighted by atomic mass is 9.99. The van der Waals surface area contributed by atoms with E-state index in [1.807, 2.05) is 62.4 Å². The summed E-state index contributed by atoms with van der Waals surface area (Å²) in [6, 6.07) is 14.1. The summed E-state index contributed by atoms with van der Waals surface area (Å²) in [4.78, 5) is 37.7. The van der Waals surface area contributed by atoms with Gasteiger partial charge in [-0.3, -0.25) is 9.59 Å². The van der Waals surface area contributed by atoms with Crippen molar-refractivity contribution in [1.82, 2.24) is 0 Å². The van der Waals surface area contributed by atoms with Crippen LogP contribution in [0.2, 0.25) is 0 Å². The molecule has 0 spiro atoms. The minimum atomic E-state index is -1.09. The van der Waals surface area contributed by atoms with Gasteiger partial charge in [0.2, 0.25) is 0 Å². The van der Waals surface area contributed by atoms with E-state index in [9.17, 15) is 19.5 Å². The smallest absolute Gasteiger partial charge is 0.326 e. The van der Waals surface area contributed by atoms with Gasteiger partial charge in [0, 0.05) is 25.1 Å². The Labute approximate surface area is 180 Å². The first-order valence-corrected chi connectivity index (χ1v) is 10.2. The second kappa shape index (κ2) is 9.47. The predicted octanol–water partition coefficient (Wildman–Crippen LogP) is 2.91. The van der Waals surface area contributed by atoms with Crippen LogP contribution in [0.15, 0.2) is 58.1 Å². The first kappa shape index (κ1) is 22.1. The molecule has 0 bridgehead atoms. The number of benzene rings is 2. The monoisotopic (exact) mass is 422 g/mol. The van der Waals surface area contributed by atoms with Crippen molar-refractivity contribution >= 4 is 17.3 Å². The van der Waals surface area contributed by atoms with Crippen LogP contribution < -0.4 is 25.8 Å². The van der Waals surface area contributed by atoms with Gasteiger partial charge >= 0.3 is 5.97 Å². The molecule has 3 rings (SSSR count). The Morgan fingerprint density at radius 1 is 1.03 bits per heavy atom. The Morgan fingerprint density at radius 2 is 1.68 bits per heavy atom. The highest BCUT2D eigenvalue weighted by Crippen LogP contribution is 2.30. The normalized spacial score (nSPS) is 11.8. The standard InChI is InChI=1S/C24H26N2O5/c1-4-26(5-2)21-20(22(27)23(21)28)25-18(24(29)30)14-15-10-12-16(13-11-15)17-8-6-7-9-19(17)31-3/h6-13,18,25H,4-5,14H2,1-3H3,(H,29,30)/t18-/m0/s1. The van der Waals surface area contributed by atoms with E-state index in [0.717, 1.165) is 22.4 Å². The van der Waals surface area contributed by atoms with E-state index < -0.39 is 22.9 Å². The highest BCUT2D eigenvalue weighted by atomic mass is 16.5. The van der Waals surface area contributed by atoms with Gasteiger partial charge in [-0.2, -0.15) is 0 Å². The molecule has 31 heavy (non-hydrogen) atoms. The van der Waals surface area contributed by atoms with E-state index >= 15 is 0 Å². The van der Waals surface area contributed by atoms with Gasteiger partial charge in [-0.05, 0) is 31.0 Å². The van der Waals surface area contributed by atoms with Gasteiger partial charge in [-0.25, -0.2) is 4.79 Å². The molecule has 0 heterocycles. The number of methoxy groups -OCH3 is 1. The van der Waals surface area contributed by atoms with Crippen LogP contribution in [-0.4, -0.2) is 37.3 Å². The molecule has 7 nitrogen and oxygen atoms in total. The molecular weight excluding hydrogens is 396 g/mol. The third-order valence-electron chi connectivity index (χ3n) is 5.39. The summed E-state index contributed by atoms with van der Waals surface area (Å²) in [5, 5.41) is 12.5. The van der Waals surface area contributed by atoms with Gasteiger partial charge in [0.15, 0.2) is 0 Å². The molecule has 0 aliphatic heterocycles. The second-order valence-corrected chi connectivity index (χ2v) is 7.19. The number of hydrogen-bond donors (Lipinski definition) is 2. The summed E-state index contributed by atoms with van der Waals surface area (Å²) in [7, 11) is 1.62. The molecule has 0 fully saturated rings. The summed E-state index contributed by atoms with van der Waals surface area (Å²) in [6.07, 6.45) is 0.165. The molecule has 3 aromatic rings. The number of carbonyl (C=O) groups is 1. The van der Waals surface area contributed by atoms with Crippen molar-refractivity contribution in [3.8, 4) is 16.9 Å². The molecular formula is C24H26N2O5. The summed E-state index contributed by atoms with van der Waals surface area (Å²) in [5.41, 5.74) is 1.81. The quantitative estimate of drug-likeness (QED) is 0.485. The van der Waals surface area contributed by atoms with Gasteiger partial charge in [0.25, 0.3) is 10.9 Å². The van der Waals surface area contributed by atoms with Gasteiger partial charge in [0.05, 0.1) is 7.11 Å². The largest absolute Gasteiger partial charge is 0.496 e. The molecule has 0 aliphatic carbocycles. The van der Waals surface area contributed by atoms with Crippen LogP contribution in [0.25, 0.3) is 11.1 Å². The molecule has 1 atom stereocenters. The zero-order chi connectivity index (χ0) is 22.5. The molecule has 0 amide bonds. The molecule has 0 saturated heterocycles. The molecule has 7 heteroatoms. The van der Waals surface area contributed by atoms with E-state index in [1.165, 1.54) is 0 Å². The number of carboxylic acid groups (broad SMARTS) is 1. The van der Waals surface area contributed by atoms with Crippen molar-refractivity contribution in [3.05, 3.63) is 74.5 Å². The highest BCUT2D eigenvalue weighted by molar-refractivity contribution is 5.83. The van der Waals surface area contributed by atoms with Crippen molar-refractivity contribution in [2.45, 2.75) is 26.3 Å². The fourth-order valence-corrected chi connectivity index (χ4v) is 3.67. The van der Waals surface area contributed by atoms with E-state index in [-0.39, 0.29) is 17.8 Å². The van der Waals surface area contributed by atoms with Gasteiger partial charge < -0.3 is 20.1 Å². The van der Waals surface area contributed by atoms with Crippen molar-refractivity contribution in [2.24, 2.45) is 0 Å². The Hall–Kier alpha value is -3.61. The first-order valence-electron chi connectivity index (χ1n) is 10.2. The number of aliphatic carboxylic acids is 1. The zero-order valence-corrected chi connectivity index (χ0v) is 17.8. The number of para-hydroxylation sites is 1. The minimum absolute atomic E-state index is 0.0896. The number of carboxylic acids is 1. The SMILES string of the molecule is CCN(CC)c1c(N[C@@H](Cc2ccc(-c3ccccc3OC)cc2)C(=O)O)c(=O)c1=O. The molecule has 0 radical (unpaired) electrons. The summed E-state index contributed by atoms with van der Waals surface area (Å²) in [5.74, 6) is -0.336. The fraction of sp³-hybridized carbons (Fsp3) is 0.292. The third-order valence-corrected chi connectivity index (χ3v) is 5.39. The maximum atomic E-state index is 12.1. The lowest BCUT2D eigenvalue weighted by molar-refractivity contribution is -0.137. The topological polar surface area (TPSA) is 95.9 Å². The van der Waals surface area contributed by atoms with Crippen LogP contribution in [-0.2, 0) is 11.2 Å². The van der Waals surface area contributed by atoms with Crippen molar-refractivity contribution in [2.75, 3.05) is 30.4 Å². The number of anilines is 2. The van der Waals surface area contributed by atoms with Crippen LogP contribution in [0.1, 0.15) is 19.4 Å². The highest BCUT2D eigenvalue weighted by Gasteiger charge is 2.29. The van der Waals surface area contributed by atoms with Crippen LogP contribution in [0.4, 0.5) is 11.4 Å². The average molecular weight is 422 g/mol. The number of hydrogen-bond acceptors (Lipinski definition) is 6. The lowest BCUT2D eigenvalue weighted by Gasteiger charge is -2.26. The van der Waals surface area contributed by atoms with Crippen LogP contribution >= 0.6 is 0 Å². The number of ether oxygens (including phenoxy) is 1. The van der Waals surface area contributed by atoms with Crippen molar-refractivity contribution < 1.29 is 14.6 Å². The Morgan fingerprint density at radius 3 is 2.26 bits per heavy atom. The number of nitrogens with zero attached hydrogens (tertiary/aromatic N) is 1. The molecule has 0 unspecified atom stereocenters. The zero-order valence-electron chi connectivity index (χ0n) is 17.8. The van der Waals surface area contributed by atoms with Gasteiger partial charge in [-0.15, -0.1) is 0 Å². The minimum Gasteiger partial charge on any atom is -0.496 e. The van der Waals surface area contributed by atoms with Crippen molar-refractivity contribution in [1.29, 1.82) is 0 Å². The third kappa shape index (κ3) is 4.45. The van der Waals surface area contributed by atoms with E-state index in [2.05, 4.69) is 5.32 Å². The van der Waals surface area contributed by atoms with Gasteiger partial charge in [0.1, 0.15) is 23.2 Å². The maximum absolute atomic E-state index is 12.1. The summed E-state index contributed by atoms with van der Waals surface area (Å²) < 4.78 is 5.40. The van der Waals surface area contributed by atoms with Crippen LogP contribution in [0.3, 0.4) is 0 Å². The number of nitrogens with one attached hydrogen (secondary N) is 1. The molecule has 0 aromatic heterocycles. The molecule has 0 aliphatic rings. The molecule has 162 valence electrons. The Balaban J connectivity index is 1.81. The molecule has 2 N–H and O–H groups in total. The summed E-state index contributed by atoms with van der Waals surface area (Å²) >= 11 is 0. The van der Waals surface area contributed by atoms with Crippen molar-refractivity contribution in [3.63, 3.8) is 0 Å². The molecule has 0 saturated carbocycles. The maximum Gasteiger partial charge on any atom is 0.326 e. The molecule has 3 aromatic carbocycles. The van der Waals surface area contributed by atoms with E-state index in [1.54, 1.807) is 12.0 Å². The van der Waals surface area contributed by atoms with Gasteiger partial charge in [-0.1, -0.05) is 42.5 Å². The Bertz CT molecular complexity index is 1130. The van der Waals surface area contributed by atoms with Crippen LogP contribution in [0, 0.1) is 0 Å².